The number of carbonyl (C=O) groups is 3. The van der Waals surface area contributed by atoms with Crippen LogP contribution in [0.1, 0.15) is 31.0 Å². The molecule has 0 fully saturated rings. The molecule has 0 spiro atoms. The van der Waals surface area contributed by atoms with Crippen LogP contribution in [0.4, 0.5) is 4.79 Å². The lowest BCUT2D eigenvalue weighted by molar-refractivity contribution is -0.139. The van der Waals surface area contributed by atoms with Crippen LogP contribution in [0.5, 0.6) is 23.0 Å². The van der Waals surface area contributed by atoms with Crippen molar-refractivity contribution in [3.05, 3.63) is 57.2 Å². The van der Waals surface area contributed by atoms with Gasteiger partial charge in [-0.3, -0.25) is 4.79 Å². The highest BCUT2D eigenvalue weighted by Gasteiger charge is 2.32. The van der Waals surface area contributed by atoms with Gasteiger partial charge in [-0.2, -0.15) is 5.10 Å². The third-order valence-electron chi connectivity index (χ3n) is 5.34. The van der Waals surface area contributed by atoms with Gasteiger partial charge in [0.05, 0.1) is 38.7 Å². The standard InChI is InChI=1S/C25H27BrN4O8/c1-5-37-24(33)22-13(2)28-25(34)29-23(22)14-6-7-18(20(9-14)36-4)38-12-21(32)30-27-11-15-8-17(31)19(35-3)10-16(15)26/h6-11,23,31H,5,12H2,1-4H3,(H,30,32)(H2,28,29,34)/b27-11-/t23-/m1/s1. The number of methoxy groups -OCH3 is 2. The Morgan fingerprint density at radius 3 is 2.58 bits per heavy atom. The molecule has 1 atom stereocenters. The Balaban J connectivity index is 1.69. The molecule has 0 bridgehead atoms. The van der Waals surface area contributed by atoms with Gasteiger partial charge in [0.2, 0.25) is 0 Å². The maximum absolute atomic E-state index is 12.5. The van der Waals surface area contributed by atoms with Crippen LogP contribution in [0.3, 0.4) is 0 Å². The number of phenolic OH excluding ortho intramolecular Hbond substituents is 1. The molecule has 1 aliphatic heterocycles. The predicted molar refractivity (Wildman–Crippen MR) is 140 cm³/mol. The van der Waals surface area contributed by atoms with Crippen LogP contribution in [0, 0.1) is 0 Å². The second kappa shape index (κ2) is 12.8. The number of hydrogen-bond donors (Lipinski definition) is 4. The number of amides is 3. The van der Waals surface area contributed by atoms with Crippen LogP contribution in [0.25, 0.3) is 0 Å². The minimum atomic E-state index is -0.778. The summed E-state index contributed by atoms with van der Waals surface area (Å²) in [6.45, 7) is 3.11. The van der Waals surface area contributed by atoms with Crippen molar-refractivity contribution < 1.29 is 38.4 Å². The molecule has 1 aliphatic rings. The summed E-state index contributed by atoms with van der Waals surface area (Å²) in [5, 5.41) is 19.1. The lowest BCUT2D eigenvalue weighted by Gasteiger charge is -2.28. The number of hydrogen-bond acceptors (Lipinski definition) is 9. The van der Waals surface area contributed by atoms with Gasteiger partial charge >= 0.3 is 12.0 Å². The van der Waals surface area contributed by atoms with Gasteiger partial charge < -0.3 is 34.7 Å². The number of benzene rings is 2. The molecule has 0 aromatic heterocycles. The number of ether oxygens (including phenoxy) is 4. The van der Waals surface area contributed by atoms with E-state index in [-0.39, 0.29) is 41.8 Å². The van der Waals surface area contributed by atoms with E-state index in [1.54, 1.807) is 38.1 Å². The first-order chi connectivity index (χ1) is 18.2. The van der Waals surface area contributed by atoms with Gasteiger partial charge in [0.1, 0.15) is 0 Å². The Morgan fingerprint density at radius 2 is 1.89 bits per heavy atom. The van der Waals surface area contributed by atoms with E-state index in [4.69, 9.17) is 18.9 Å². The number of halogens is 1. The molecule has 0 saturated heterocycles. The van der Waals surface area contributed by atoms with Crippen molar-refractivity contribution in [1.29, 1.82) is 0 Å². The van der Waals surface area contributed by atoms with Crippen molar-refractivity contribution in [2.24, 2.45) is 5.10 Å². The molecule has 0 saturated carbocycles. The van der Waals surface area contributed by atoms with E-state index in [1.807, 2.05) is 0 Å². The molecular weight excluding hydrogens is 564 g/mol. The smallest absolute Gasteiger partial charge is 0.338 e. The molecule has 4 N–H and O–H groups in total. The number of hydrazone groups is 1. The van der Waals surface area contributed by atoms with Crippen LogP contribution in [-0.4, -0.2) is 56.7 Å². The van der Waals surface area contributed by atoms with Crippen molar-refractivity contribution in [2.45, 2.75) is 19.9 Å². The molecule has 1 heterocycles. The zero-order valence-electron chi connectivity index (χ0n) is 21.1. The van der Waals surface area contributed by atoms with E-state index in [1.165, 1.54) is 26.5 Å². The fraction of sp³-hybridized carbons (Fsp3) is 0.280. The van der Waals surface area contributed by atoms with E-state index in [9.17, 15) is 19.5 Å². The Bertz CT molecular complexity index is 1290. The number of nitrogens with one attached hydrogen (secondary N) is 3. The molecule has 2 aromatic rings. The van der Waals surface area contributed by atoms with Crippen LogP contribution in [-0.2, 0) is 14.3 Å². The molecule has 0 unspecified atom stereocenters. The molecule has 38 heavy (non-hydrogen) atoms. The number of esters is 1. The highest BCUT2D eigenvalue weighted by atomic mass is 79.9. The van der Waals surface area contributed by atoms with Gasteiger partial charge in [-0.05, 0) is 59.6 Å². The van der Waals surface area contributed by atoms with Crippen molar-refractivity contribution in [3.63, 3.8) is 0 Å². The van der Waals surface area contributed by atoms with E-state index in [0.29, 0.717) is 21.3 Å². The van der Waals surface area contributed by atoms with Crippen molar-refractivity contribution in [2.75, 3.05) is 27.4 Å². The van der Waals surface area contributed by atoms with Crippen molar-refractivity contribution in [3.8, 4) is 23.0 Å². The van der Waals surface area contributed by atoms with E-state index in [2.05, 4.69) is 37.1 Å². The minimum absolute atomic E-state index is 0.0774. The molecule has 0 radical (unpaired) electrons. The summed E-state index contributed by atoms with van der Waals surface area (Å²) in [6.07, 6.45) is 1.35. The van der Waals surface area contributed by atoms with Crippen molar-refractivity contribution in [1.82, 2.24) is 16.1 Å². The first-order valence-electron chi connectivity index (χ1n) is 11.3. The number of urea groups is 1. The van der Waals surface area contributed by atoms with Gasteiger partial charge in [0.25, 0.3) is 5.91 Å². The van der Waals surface area contributed by atoms with Crippen LogP contribution in [0.2, 0.25) is 0 Å². The second-order valence-electron chi connectivity index (χ2n) is 7.83. The summed E-state index contributed by atoms with van der Waals surface area (Å²) in [7, 11) is 2.86. The third kappa shape index (κ3) is 6.73. The molecular formula is C25H27BrN4O8. The number of aromatic hydroxyl groups is 1. The maximum Gasteiger partial charge on any atom is 0.338 e. The lowest BCUT2D eigenvalue weighted by Crippen LogP contribution is -2.45. The fourth-order valence-corrected chi connectivity index (χ4v) is 4.00. The van der Waals surface area contributed by atoms with E-state index < -0.39 is 23.9 Å². The van der Waals surface area contributed by atoms with Crippen LogP contribution < -0.4 is 30.3 Å². The Morgan fingerprint density at radius 1 is 1.16 bits per heavy atom. The Hall–Kier alpha value is -4.26. The zero-order chi connectivity index (χ0) is 27.8. The first-order valence-corrected chi connectivity index (χ1v) is 12.1. The average molecular weight is 591 g/mol. The third-order valence-corrected chi connectivity index (χ3v) is 6.02. The zero-order valence-corrected chi connectivity index (χ0v) is 22.7. The first kappa shape index (κ1) is 28.3. The number of carbonyl (C=O) groups excluding carboxylic acids is 3. The quantitative estimate of drug-likeness (QED) is 0.187. The minimum Gasteiger partial charge on any atom is -0.504 e. The largest absolute Gasteiger partial charge is 0.504 e. The highest BCUT2D eigenvalue weighted by Crippen LogP contribution is 2.35. The van der Waals surface area contributed by atoms with Gasteiger partial charge in [-0.1, -0.05) is 6.07 Å². The van der Waals surface area contributed by atoms with Gasteiger partial charge in [-0.25, -0.2) is 15.0 Å². The number of allylic oxidation sites excluding steroid dienone is 1. The summed E-state index contributed by atoms with van der Waals surface area (Å²) in [5.74, 6) is -0.350. The number of phenols is 1. The Labute approximate surface area is 227 Å². The van der Waals surface area contributed by atoms with Gasteiger partial charge in [0.15, 0.2) is 29.6 Å². The molecule has 3 rings (SSSR count). The summed E-state index contributed by atoms with van der Waals surface area (Å²) in [6, 6.07) is 6.56. The topological polar surface area (TPSA) is 157 Å². The van der Waals surface area contributed by atoms with E-state index in [0.717, 1.165) is 0 Å². The Kier molecular flexibility index (Phi) is 9.55. The number of rotatable bonds is 10. The van der Waals surface area contributed by atoms with Crippen LogP contribution >= 0.6 is 15.9 Å². The summed E-state index contributed by atoms with van der Waals surface area (Å²) in [4.78, 5) is 36.9. The van der Waals surface area contributed by atoms with Crippen LogP contribution in [0.15, 0.2) is 51.2 Å². The molecule has 0 aliphatic carbocycles. The molecule has 3 amide bonds. The monoisotopic (exact) mass is 590 g/mol. The highest BCUT2D eigenvalue weighted by molar-refractivity contribution is 9.10. The normalized spacial score (nSPS) is 15.0. The summed E-state index contributed by atoms with van der Waals surface area (Å²) >= 11 is 3.34. The van der Waals surface area contributed by atoms with Gasteiger partial charge in [-0.15, -0.1) is 0 Å². The second-order valence-corrected chi connectivity index (χ2v) is 8.68. The number of nitrogens with zero attached hydrogens (tertiary/aromatic N) is 1. The lowest BCUT2D eigenvalue weighted by atomic mass is 9.95. The van der Waals surface area contributed by atoms with Gasteiger partial charge in [0, 0.05) is 15.7 Å². The molecule has 202 valence electrons. The molecule has 13 heteroatoms. The average Bonchev–Trinajstić information content (AvgIpc) is 2.88. The summed E-state index contributed by atoms with van der Waals surface area (Å²) in [5.41, 5.74) is 4.04. The molecule has 2 aromatic carbocycles. The fourth-order valence-electron chi connectivity index (χ4n) is 3.58. The summed E-state index contributed by atoms with van der Waals surface area (Å²) < 4.78 is 21.8. The molecule has 12 nitrogen and oxygen atoms in total. The maximum atomic E-state index is 12.5. The van der Waals surface area contributed by atoms with Crippen molar-refractivity contribution >= 4 is 40.1 Å². The van der Waals surface area contributed by atoms with E-state index >= 15 is 0 Å². The predicted octanol–water partition coefficient (Wildman–Crippen LogP) is 2.89. The SMILES string of the molecule is CCOC(=O)C1=C(C)NC(=O)N[C@@H]1c1ccc(OCC(=O)N/N=C\c2cc(O)c(OC)cc2Br)c(OC)c1.